The van der Waals surface area contributed by atoms with E-state index >= 15 is 4.39 Å². The van der Waals surface area contributed by atoms with E-state index in [1.807, 2.05) is 6.92 Å². The third kappa shape index (κ3) is 4.59. The fourth-order valence-electron chi connectivity index (χ4n) is 5.80. The monoisotopic (exact) mass is 656 g/mol. The van der Waals surface area contributed by atoms with Gasteiger partial charge in [0.05, 0.1) is 29.1 Å². The number of aromatic nitrogens is 2. The van der Waals surface area contributed by atoms with Gasteiger partial charge in [0.2, 0.25) is 5.91 Å². The number of fused-ring (bicyclic) bond motifs is 3. The molecule has 1 saturated carbocycles. The second kappa shape index (κ2) is 9.93. The summed E-state index contributed by atoms with van der Waals surface area (Å²) in [5, 5.41) is 15.5. The molecule has 4 heterocycles. The number of carbonyl (C=O) groups excluding carboxylic acids is 2. The lowest BCUT2D eigenvalue weighted by atomic mass is 9.80. The Morgan fingerprint density at radius 3 is 2.57 bits per heavy atom. The molecule has 0 unspecified atom stereocenters. The Bertz CT molecular complexity index is 1970. The van der Waals surface area contributed by atoms with Crippen LogP contribution in [0.2, 0.25) is 0 Å². The SMILES string of the molecule is COc1cc(C(=O)NC[C@](O)(c2cc3c(c(-c4ccc5c(c4)OC(F)(F)O5)n2)OC[C@]3(C)C(N)=O)C2(F)CC2)cc2sc(C)nc12. The van der Waals surface area contributed by atoms with E-state index in [0.29, 0.717) is 16.0 Å². The summed E-state index contributed by atoms with van der Waals surface area (Å²) in [5.41, 5.74) is 0.802. The third-order valence-corrected chi connectivity index (χ3v) is 9.62. The molecule has 7 rings (SSSR count). The van der Waals surface area contributed by atoms with Gasteiger partial charge >= 0.3 is 6.29 Å². The molecule has 0 radical (unpaired) electrons. The molecule has 15 heteroatoms. The smallest absolute Gasteiger partial charge is 0.494 e. The Hall–Kier alpha value is -4.63. The molecule has 0 saturated heterocycles. The van der Waals surface area contributed by atoms with E-state index in [2.05, 4.69) is 24.8 Å². The number of primary amides is 1. The van der Waals surface area contributed by atoms with Gasteiger partial charge in [-0.05, 0) is 63.1 Å². The van der Waals surface area contributed by atoms with Crippen molar-refractivity contribution in [3.05, 3.63) is 58.2 Å². The van der Waals surface area contributed by atoms with Gasteiger partial charge < -0.3 is 35.1 Å². The number of carbonyl (C=O) groups is 2. The Labute approximate surface area is 263 Å². The zero-order chi connectivity index (χ0) is 32.8. The minimum atomic E-state index is -3.88. The summed E-state index contributed by atoms with van der Waals surface area (Å²) >= 11 is 1.37. The van der Waals surface area contributed by atoms with Crippen LogP contribution < -0.4 is 30.0 Å². The molecule has 2 atom stereocenters. The number of amides is 2. The standard InChI is InChI=1S/C31H27F3N4O7S/c1-14-37-24-20(42-3)9-16(10-21(24)46-14)26(39)36-12-30(41,29(32)6-7-29)22-11-17-25(43-13-28(17,2)27(35)40)23(38-22)15-4-5-18-19(8-15)45-31(33,34)44-18/h4-5,8-11,41H,6-7,12-13H2,1-3H3,(H2,35,40)(H,36,39)/t28-,30-/m0/s1. The first-order valence-corrected chi connectivity index (χ1v) is 15.0. The summed E-state index contributed by atoms with van der Waals surface area (Å²) in [7, 11) is 1.45. The summed E-state index contributed by atoms with van der Waals surface area (Å²) in [6, 6.07) is 8.37. The number of hydrogen-bond donors (Lipinski definition) is 3. The van der Waals surface area contributed by atoms with E-state index in [1.165, 1.54) is 55.7 Å². The van der Waals surface area contributed by atoms with Gasteiger partial charge in [0.15, 0.2) is 17.1 Å². The summed E-state index contributed by atoms with van der Waals surface area (Å²) in [5.74, 6) is -1.38. The first-order chi connectivity index (χ1) is 21.7. The molecular formula is C31H27F3N4O7S. The van der Waals surface area contributed by atoms with Crippen molar-refractivity contribution in [3.8, 4) is 34.3 Å². The highest BCUT2D eigenvalue weighted by molar-refractivity contribution is 7.18. The number of ether oxygens (including phenoxy) is 4. The van der Waals surface area contributed by atoms with E-state index in [1.54, 1.807) is 6.07 Å². The fraction of sp³-hybridized carbons (Fsp3) is 0.355. The lowest BCUT2D eigenvalue weighted by molar-refractivity contribution is -0.286. The Balaban J connectivity index is 1.30. The van der Waals surface area contributed by atoms with Crippen LogP contribution in [-0.4, -0.2) is 59.1 Å². The quantitative estimate of drug-likeness (QED) is 0.253. The normalized spacial score (nSPS) is 21.3. The van der Waals surface area contributed by atoms with Crippen LogP contribution in [-0.2, 0) is 15.8 Å². The number of thiazole rings is 1. The largest absolute Gasteiger partial charge is 0.586 e. The zero-order valence-electron chi connectivity index (χ0n) is 24.7. The second-order valence-corrected chi connectivity index (χ2v) is 13.0. The number of rotatable bonds is 8. The van der Waals surface area contributed by atoms with Crippen molar-refractivity contribution in [1.29, 1.82) is 0 Å². The molecule has 0 spiro atoms. The summed E-state index contributed by atoms with van der Waals surface area (Å²) in [6.45, 7) is 2.57. The van der Waals surface area contributed by atoms with Crippen LogP contribution in [0.25, 0.3) is 21.5 Å². The Kier molecular flexibility index (Phi) is 6.49. The number of alkyl halides is 3. The number of aliphatic hydroxyl groups is 1. The van der Waals surface area contributed by atoms with E-state index in [4.69, 9.17) is 15.2 Å². The molecule has 11 nitrogen and oxygen atoms in total. The van der Waals surface area contributed by atoms with E-state index in [-0.39, 0.29) is 64.8 Å². The maximum atomic E-state index is 16.2. The minimum absolute atomic E-state index is 0.0175. The number of nitrogens with zero attached hydrogens (tertiary/aromatic N) is 2. The summed E-state index contributed by atoms with van der Waals surface area (Å²) in [6.07, 6.45) is -3.94. The van der Waals surface area contributed by atoms with Gasteiger partial charge in [0, 0.05) is 16.7 Å². The highest BCUT2D eigenvalue weighted by atomic mass is 32.1. The third-order valence-electron chi connectivity index (χ3n) is 8.70. The second-order valence-electron chi connectivity index (χ2n) is 11.8. The van der Waals surface area contributed by atoms with Gasteiger partial charge in [-0.25, -0.2) is 14.4 Å². The van der Waals surface area contributed by atoms with Crippen LogP contribution in [0.3, 0.4) is 0 Å². The van der Waals surface area contributed by atoms with Gasteiger partial charge in [-0.2, -0.15) is 0 Å². The van der Waals surface area contributed by atoms with Gasteiger partial charge in [-0.1, -0.05) is 0 Å². The highest BCUT2D eigenvalue weighted by Crippen LogP contribution is 2.55. The number of benzene rings is 2. The predicted molar refractivity (Wildman–Crippen MR) is 158 cm³/mol. The molecule has 1 fully saturated rings. The molecule has 4 N–H and O–H groups in total. The number of nitrogens with two attached hydrogens (primary N) is 1. The lowest BCUT2D eigenvalue weighted by Gasteiger charge is -2.33. The molecule has 2 aromatic heterocycles. The highest BCUT2D eigenvalue weighted by Gasteiger charge is 2.62. The van der Waals surface area contributed by atoms with Crippen molar-refractivity contribution >= 4 is 33.4 Å². The number of aryl methyl sites for hydroxylation is 1. The molecule has 0 bridgehead atoms. The number of methoxy groups -OCH3 is 1. The molecule has 1 aliphatic carbocycles. The summed E-state index contributed by atoms with van der Waals surface area (Å²) in [4.78, 5) is 35.1. The maximum absolute atomic E-state index is 16.2. The number of hydrogen-bond acceptors (Lipinski definition) is 10. The Morgan fingerprint density at radius 2 is 1.87 bits per heavy atom. The van der Waals surface area contributed by atoms with Crippen LogP contribution in [0, 0.1) is 6.92 Å². The zero-order valence-corrected chi connectivity index (χ0v) is 25.5. The lowest BCUT2D eigenvalue weighted by Crippen LogP contribution is -2.49. The Morgan fingerprint density at radius 1 is 1.13 bits per heavy atom. The molecule has 240 valence electrons. The van der Waals surface area contributed by atoms with Crippen molar-refractivity contribution in [2.45, 2.75) is 49.7 Å². The molecule has 2 aliphatic heterocycles. The average Bonchev–Trinajstić information content (AvgIpc) is 3.34. The minimum Gasteiger partial charge on any atom is -0.494 e. The molecule has 4 aromatic rings. The van der Waals surface area contributed by atoms with Crippen LogP contribution in [0.15, 0.2) is 36.4 Å². The first kappa shape index (κ1) is 30.0. The van der Waals surface area contributed by atoms with Crippen LogP contribution in [0.4, 0.5) is 13.2 Å². The van der Waals surface area contributed by atoms with Crippen molar-refractivity contribution in [3.63, 3.8) is 0 Å². The number of pyridine rings is 1. The van der Waals surface area contributed by atoms with Crippen molar-refractivity contribution < 1.29 is 46.8 Å². The molecule has 3 aliphatic rings. The maximum Gasteiger partial charge on any atom is 0.586 e. The van der Waals surface area contributed by atoms with Crippen LogP contribution in [0.5, 0.6) is 23.0 Å². The van der Waals surface area contributed by atoms with Crippen LogP contribution >= 0.6 is 11.3 Å². The van der Waals surface area contributed by atoms with Gasteiger partial charge in [-0.3, -0.25) is 9.59 Å². The van der Waals surface area contributed by atoms with Gasteiger partial charge in [0.1, 0.15) is 40.4 Å². The topological polar surface area (TPSA) is 155 Å². The first-order valence-electron chi connectivity index (χ1n) is 14.2. The van der Waals surface area contributed by atoms with Crippen molar-refractivity contribution in [2.75, 3.05) is 20.3 Å². The van der Waals surface area contributed by atoms with Gasteiger partial charge in [0.25, 0.3) is 5.91 Å². The summed E-state index contributed by atoms with van der Waals surface area (Å²) < 4.78 is 64.9. The van der Waals surface area contributed by atoms with E-state index in [0.717, 1.165) is 5.01 Å². The van der Waals surface area contributed by atoms with E-state index in [9.17, 15) is 23.5 Å². The number of nitrogens with one attached hydrogen (secondary N) is 1. The fourth-order valence-corrected chi connectivity index (χ4v) is 6.68. The predicted octanol–water partition coefficient (Wildman–Crippen LogP) is 4.25. The molecular weight excluding hydrogens is 629 g/mol. The molecule has 2 amide bonds. The average molecular weight is 657 g/mol. The van der Waals surface area contributed by atoms with Crippen LogP contribution in [0.1, 0.15) is 46.4 Å². The number of halogens is 3. The van der Waals surface area contributed by atoms with Crippen molar-refractivity contribution in [1.82, 2.24) is 15.3 Å². The van der Waals surface area contributed by atoms with E-state index < -0.39 is 41.3 Å². The molecule has 46 heavy (non-hydrogen) atoms. The van der Waals surface area contributed by atoms with Gasteiger partial charge in [-0.15, -0.1) is 20.1 Å². The molecule has 2 aromatic carbocycles. The van der Waals surface area contributed by atoms with Crippen molar-refractivity contribution in [2.24, 2.45) is 5.73 Å².